The summed E-state index contributed by atoms with van der Waals surface area (Å²) < 4.78 is 63.8. The first-order valence-electron chi connectivity index (χ1n) is 10.3. The number of hydrogen-bond acceptors (Lipinski definition) is 8. The Hall–Kier alpha value is -2.65. The summed E-state index contributed by atoms with van der Waals surface area (Å²) in [4.78, 5) is 18.8. The molecule has 33 heavy (non-hydrogen) atoms. The topological polar surface area (TPSA) is 104 Å². The first-order chi connectivity index (χ1) is 15.7. The largest absolute Gasteiger partial charge is 0.511 e. The van der Waals surface area contributed by atoms with Gasteiger partial charge in [-0.2, -0.15) is 22.5 Å². The molecule has 0 bridgehead atoms. The Balaban J connectivity index is 1.35. The van der Waals surface area contributed by atoms with Gasteiger partial charge in [-0.1, -0.05) is 12.1 Å². The van der Waals surface area contributed by atoms with E-state index in [1.54, 1.807) is 0 Å². The van der Waals surface area contributed by atoms with Crippen LogP contribution in [0.15, 0.2) is 24.3 Å². The third-order valence-electron chi connectivity index (χ3n) is 5.60. The number of carbonyl (C=O) groups excluding carboxylic acids is 1. The van der Waals surface area contributed by atoms with Crippen LogP contribution in [0.2, 0.25) is 0 Å². The van der Waals surface area contributed by atoms with E-state index in [1.165, 1.54) is 12.1 Å². The van der Waals surface area contributed by atoms with E-state index in [1.807, 2.05) is 29.2 Å². The maximum atomic E-state index is 12.9. The molecule has 0 aliphatic carbocycles. The van der Waals surface area contributed by atoms with Crippen molar-refractivity contribution in [1.82, 2.24) is 24.3 Å². The molecule has 15 heteroatoms. The normalized spacial score (nSPS) is 17.7. The van der Waals surface area contributed by atoms with E-state index < -0.39 is 22.1 Å². The number of aromatic nitrogens is 3. The van der Waals surface area contributed by atoms with Gasteiger partial charge in [0.05, 0.1) is 19.3 Å². The minimum absolute atomic E-state index is 0.0173. The van der Waals surface area contributed by atoms with Crippen LogP contribution < -0.4 is 15.0 Å². The average molecular weight is 484 g/mol. The van der Waals surface area contributed by atoms with Gasteiger partial charge in [0.25, 0.3) is 7.41 Å². The van der Waals surface area contributed by atoms with E-state index in [-0.39, 0.29) is 18.9 Å². The number of carbonyl (C=O) groups is 1. The van der Waals surface area contributed by atoms with E-state index in [2.05, 4.69) is 20.2 Å². The lowest BCUT2D eigenvalue weighted by atomic mass is 9.98. The van der Waals surface area contributed by atoms with Gasteiger partial charge in [-0.3, -0.25) is 0 Å². The molecule has 0 saturated carbocycles. The first kappa shape index (κ1) is 23.5. The van der Waals surface area contributed by atoms with Gasteiger partial charge in [-0.25, -0.2) is 13.1 Å². The second kappa shape index (κ2) is 9.31. The van der Waals surface area contributed by atoms with Crippen molar-refractivity contribution < 1.29 is 26.4 Å². The Kier molecular flexibility index (Phi) is 6.63. The molecule has 177 valence electrons. The maximum absolute atomic E-state index is 12.9. The van der Waals surface area contributed by atoms with Crippen molar-refractivity contribution in [2.24, 2.45) is 0 Å². The molecule has 0 spiro atoms. The van der Waals surface area contributed by atoms with Crippen molar-refractivity contribution >= 4 is 35.3 Å². The number of benzene rings is 1. The van der Waals surface area contributed by atoms with Crippen LogP contribution in [0.5, 0.6) is 0 Å². The molecule has 10 nitrogen and oxygen atoms in total. The van der Waals surface area contributed by atoms with Gasteiger partial charge < -0.3 is 19.8 Å². The Morgan fingerprint density at radius 3 is 2.33 bits per heavy atom. The molecular weight excluding hydrogens is 462 g/mol. The fourth-order valence-electron chi connectivity index (χ4n) is 3.80. The summed E-state index contributed by atoms with van der Waals surface area (Å²) in [5.74, 6) is 0.589. The van der Waals surface area contributed by atoms with Crippen molar-refractivity contribution in [2.45, 2.75) is 25.1 Å². The van der Waals surface area contributed by atoms with Gasteiger partial charge in [-0.15, -0.1) is 5.10 Å². The van der Waals surface area contributed by atoms with E-state index in [4.69, 9.17) is 0 Å². The van der Waals surface area contributed by atoms with Crippen LogP contribution in [-0.2, 0) is 34.5 Å². The highest BCUT2D eigenvalue weighted by molar-refractivity contribution is 7.89. The van der Waals surface area contributed by atoms with Crippen LogP contribution in [0.3, 0.4) is 0 Å². The number of nitrogens with zero attached hydrogens (tertiary/aromatic N) is 6. The van der Waals surface area contributed by atoms with Gasteiger partial charge in [0, 0.05) is 45.0 Å². The quantitative estimate of drug-likeness (QED) is 0.337. The highest BCUT2D eigenvalue weighted by Gasteiger charge is 2.50. The number of rotatable bonds is 7. The number of anilines is 2. The number of halogens is 3. The number of sulfonamides is 1. The molecule has 1 fully saturated rings. The summed E-state index contributed by atoms with van der Waals surface area (Å²) in [6.07, 6.45) is 0.694. The fourth-order valence-corrected chi connectivity index (χ4v) is 4.70. The average Bonchev–Trinajstić information content (AvgIpc) is 3.23. The predicted molar refractivity (Wildman–Crippen MR) is 116 cm³/mol. The molecule has 1 N–H and O–H groups in total. The second-order valence-corrected chi connectivity index (χ2v) is 9.59. The lowest BCUT2D eigenvalue weighted by Crippen LogP contribution is -2.47. The summed E-state index contributed by atoms with van der Waals surface area (Å²) >= 11 is 0. The number of alkyl halides is 3. The molecule has 1 saturated heterocycles. The predicted octanol–water partition coefficient (Wildman–Crippen LogP) is 0.169. The van der Waals surface area contributed by atoms with Crippen LogP contribution >= 0.6 is 0 Å². The van der Waals surface area contributed by atoms with E-state index >= 15 is 0 Å². The fraction of sp³-hybridized carbons (Fsp3) is 0.500. The van der Waals surface area contributed by atoms with Crippen LogP contribution in [-0.4, -0.2) is 79.3 Å². The van der Waals surface area contributed by atoms with Gasteiger partial charge in [0.2, 0.25) is 5.95 Å². The van der Waals surface area contributed by atoms with E-state index in [0.717, 1.165) is 11.3 Å². The molecule has 4 rings (SSSR count). The molecule has 1 radical (unpaired) electrons. The molecule has 0 atom stereocenters. The molecular formula is C18H22BF3N7O3S. The van der Waals surface area contributed by atoms with Crippen LogP contribution in [0.1, 0.15) is 11.4 Å². The third-order valence-corrected chi connectivity index (χ3v) is 7.18. The summed E-state index contributed by atoms with van der Waals surface area (Å²) in [6, 6.07) is 7.99. The van der Waals surface area contributed by atoms with Gasteiger partial charge >= 0.3 is 15.5 Å². The number of fused-ring (bicyclic) bond motifs is 1. The zero-order chi connectivity index (χ0) is 23.6. The SMILES string of the molecule is O=C[B]NCc1ccc(N2CCN(c3nc4n(n3)CCN(S(=O)(=O)C(F)(F)F)C4)CC2)cc1. The van der Waals surface area contributed by atoms with Crippen molar-refractivity contribution in [3.05, 3.63) is 35.7 Å². The first-order valence-corrected chi connectivity index (χ1v) is 11.7. The van der Waals surface area contributed by atoms with Crippen molar-refractivity contribution in [2.75, 3.05) is 42.5 Å². The minimum atomic E-state index is -5.39. The minimum Gasteiger partial charge on any atom is -0.368 e. The lowest BCUT2D eigenvalue weighted by Gasteiger charge is -2.35. The summed E-state index contributed by atoms with van der Waals surface area (Å²) in [7, 11) is -4.05. The highest BCUT2D eigenvalue weighted by atomic mass is 32.2. The van der Waals surface area contributed by atoms with Crippen LogP contribution in [0, 0.1) is 0 Å². The third kappa shape index (κ3) is 4.99. The maximum Gasteiger partial charge on any atom is 0.511 e. The van der Waals surface area contributed by atoms with Crippen LogP contribution in [0.25, 0.3) is 0 Å². The van der Waals surface area contributed by atoms with Gasteiger partial charge in [0.15, 0.2) is 0 Å². The van der Waals surface area contributed by atoms with Crippen molar-refractivity contribution in [3.8, 4) is 0 Å². The zero-order valence-electron chi connectivity index (χ0n) is 17.6. The Labute approximate surface area is 189 Å². The highest BCUT2D eigenvalue weighted by Crippen LogP contribution is 2.29. The molecule has 3 heterocycles. The Morgan fingerprint density at radius 1 is 1.03 bits per heavy atom. The summed E-state index contributed by atoms with van der Waals surface area (Å²) in [5, 5.41) is 7.27. The zero-order valence-corrected chi connectivity index (χ0v) is 18.4. The second-order valence-electron chi connectivity index (χ2n) is 7.66. The number of piperazine rings is 1. The van der Waals surface area contributed by atoms with Gasteiger partial charge in [-0.05, 0) is 17.7 Å². The smallest absolute Gasteiger partial charge is 0.368 e. The molecule has 2 aliphatic rings. The summed E-state index contributed by atoms with van der Waals surface area (Å²) in [5.41, 5.74) is -3.23. The number of hydrogen-bond donors (Lipinski definition) is 1. The monoisotopic (exact) mass is 484 g/mol. The lowest BCUT2D eigenvalue weighted by molar-refractivity contribution is -0.0496. The van der Waals surface area contributed by atoms with Crippen molar-refractivity contribution in [1.29, 1.82) is 0 Å². The van der Waals surface area contributed by atoms with E-state index in [0.29, 0.717) is 49.2 Å². The van der Waals surface area contributed by atoms with Gasteiger partial charge in [0.1, 0.15) is 5.82 Å². The van der Waals surface area contributed by atoms with Crippen LogP contribution in [0.4, 0.5) is 24.8 Å². The molecule has 0 amide bonds. The molecule has 0 unspecified atom stereocenters. The van der Waals surface area contributed by atoms with E-state index in [9.17, 15) is 26.4 Å². The Morgan fingerprint density at radius 2 is 1.70 bits per heavy atom. The Bertz CT molecular complexity index is 1090. The molecule has 1 aromatic heterocycles. The standard InChI is InChI=1S/C18H22BF3N7O3S/c20-18(21,22)33(31,32)28-9-10-29-16(12-28)24-17(25-29)27-7-5-26(6-8-27)15-3-1-14(2-4-15)11-23-19-13-30/h1-4,13,23H,5-12H2. The van der Waals surface area contributed by atoms with Crippen molar-refractivity contribution in [3.63, 3.8) is 0 Å². The molecule has 1 aromatic carbocycles. The molecule has 2 aromatic rings. The number of nitrogens with one attached hydrogen (secondary N) is 1. The summed E-state index contributed by atoms with van der Waals surface area (Å²) in [6.45, 7) is 2.46. The molecule has 2 aliphatic heterocycles.